The van der Waals surface area contributed by atoms with E-state index >= 15 is 0 Å². The van der Waals surface area contributed by atoms with Crippen LogP contribution in [0.15, 0.2) is 36.4 Å². The number of nitrogens with one attached hydrogen (secondary N) is 1. The predicted octanol–water partition coefficient (Wildman–Crippen LogP) is 4.58. The highest BCUT2D eigenvalue weighted by atomic mass is 35.5. The van der Waals surface area contributed by atoms with Crippen LogP contribution in [0.25, 0.3) is 0 Å². The van der Waals surface area contributed by atoms with Crippen molar-refractivity contribution in [2.45, 2.75) is 20.4 Å². The highest BCUT2D eigenvalue weighted by Crippen LogP contribution is 2.31. The van der Waals surface area contributed by atoms with Gasteiger partial charge in [-0.05, 0) is 31.0 Å². The van der Waals surface area contributed by atoms with Gasteiger partial charge in [-0.15, -0.1) is 0 Å². The molecule has 0 atom stereocenters. The van der Waals surface area contributed by atoms with Crippen LogP contribution >= 0.6 is 11.6 Å². The quantitative estimate of drug-likeness (QED) is 0.882. The lowest BCUT2D eigenvalue weighted by Crippen LogP contribution is -2.02. The highest BCUT2D eigenvalue weighted by molar-refractivity contribution is 6.31. The average molecular weight is 276 g/mol. The molecule has 2 aromatic rings. The Hall–Kier alpha value is -1.67. The molecule has 0 amide bonds. The summed E-state index contributed by atoms with van der Waals surface area (Å²) in [6.45, 7) is 4.83. The largest absolute Gasteiger partial charge is 0.495 e. The number of benzene rings is 2. The minimum atomic E-state index is 0.720. The van der Waals surface area contributed by atoms with Crippen LogP contribution in [0.5, 0.6) is 5.75 Å². The van der Waals surface area contributed by atoms with E-state index in [2.05, 4.69) is 36.5 Å². The molecule has 0 heterocycles. The molecule has 0 unspecified atom stereocenters. The number of rotatable bonds is 4. The number of ether oxygens (including phenoxy) is 1. The monoisotopic (exact) mass is 275 g/mol. The zero-order valence-electron chi connectivity index (χ0n) is 11.5. The lowest BCUT2D eigenvalue weighted by atomic mass is 10.1. The third-order valence-electron chi connectivity index (χ3n) is 3.08. The first-order valence-corrected chi connectivity index (χ1v) is 6.61. The van der Waals surface area contributed by atoms with E-state index in [1.165, 1.54) is 11.1 Å². The van der Waals surface area contributed by atoms with Crippen LogP contribution in [0.4, 0.5) is 5.69 Å². The van der Waals surface area contributed by atoms with Gasteiger partial charge in [0, 0.05) is 17.6 Å². The number of anilines is 1. The molecule has 0 aliphatic heterocycles. The van der Waals surface area contributed by atoms with Crippen molar-refractivity contribution in [3.63, 3.8) is 0 Å². The van der Waals surface area contributed by atoms with Crippen LogP contribution in [0, 0.1) is 13.8 Å². The molecule has 1 N–H and O–H groups in total. The summed E-state index contributed by atoms with van der Waals surface area (Å²) in [5.41, 5.74) is 4.50. The molecule has 2 rings (SSSR count). The zero-order valence-corrected chi connectivity index (χ0v) is 12.2. The lowest BCUT2D eigenvalue weighted by Gasteiger charge is -2.13. The molecule has 0 aliphatic carbocycles. The SMILES string of the molecule is COc1cc(Cl)c(C)cc1NCc1ccc(C)cc1. The second-order valence-corrected chi connectivity index (χ2v) is 5.05. The van der Waals surface area contributed by atoms with E-state index in [0.717, 1.165) is 28.6 Å². The van der Waals surface area contributed by atoms with Gasteiger partial charge >= 0.3 is 0 Å². The minimum absolute atomic E-state index is 0.720. The second-order valence-electron chi connectivity index (χ2n) is 4.64. The first kappa shape index (κ1) is 13.8. The van der Waals surface area contributed by atoms with Crippen molar-refractivity contribution >= 4 is 17.3 Å². The van der Waals surface area contributed by atoms with Crippen molar-refractivity contribution in [2.24, 2.45) is 0 Å². The van der Waals surface area contributed by atoms with Crippen LogP contribution < -0.4 is 10.1 Å². The van der Waals surface area contributed by atoms with E-state index in [4.69, 9.17) is 16.3 Å². The van der Waals surface area contributed by atoms with Gasteiger partial charge in [-0.2, -0.15) is 0 Å². The summed E-state index contributed by atoms with van der Waals surface area (Å²) in [5.74, 6) is 0.766. The number of hydrogen-bond acceptors (Lipinski definition) is 2. The Balaban J connectivity index is 2.14. The van der Waals surface area contributed by atoms with Gasteiger partial charge in [0.25, 0.3) is 0 Å². The number of aryl methyl sites for hydroxylation is 2. The summed E-state index contributed by atoms with van der Waals surface area (Å²) in [7, 11) is 1.65. The molecule has 0 spiro atoms. The van der Waals surface area contributed by atoms with Crippen molar-refractivity contribution in [1.82, 2.24) is 0 Å². The fourth-order valence-electron chi connectivity index (χ4n) is 1.87. The maximum absolute atomic E-state index is 6.09. The van der Waals surface area contributed by atoms with Gasteiger partial charge in [-0.3, -0.25) is 0 Å². The van der Waals surface area contributed by atoms with E-state index in [9.17, 15) is 0 Å². The molecular weight excluding hydrogens is 258 g/mol. The summed E-state index contributed by atoms with van der Waals surface area (Å²) >= 11 is 6.09. The minimum Gasteiger partial charge on any atom is -0.495 e. The van der Waals surface area contributed by atoms with Crippen LogP contribution in [0.1, 0.15) is 16.7 Å². The van der Waals surface area contributed by atoms with Crippen LogP contribution in [-0.2, 0) is 6.54 Å². The van der Waals surface area contributed by atoms with E-state index in [1.54, 1.807) is 7.11 Å². The molecule has 2 aromatic carbocycles. The molecule has 19 heavy (non-hydrogen) atoms. The second kappa shape index (κ2) is 5.98. The summed E-state index contributed by atoms with van der Waals surface area (Å²) in [4.78, 5) is 0. The van der Waals surface area contributed by atoms with Gasteiger partial charge in [0.2, 0.25) is 0 Å². The zero-order chi connectivity index (χ0) is 13.8. The Kier molecular flexibility index (Phi) is 4.33. The Morgan fingerprint density at radius 1 is 1.11 bits per heavy atom. The van der Waals surface area contributed by atoms with Crippen molar-refractivity contribution < 1.29 is 4.74 Å². The molecule has 0 aliphatic rings. The molecule has 0 saturated carbocycles. The van der Waals surface area contributed by atoms with E-state index < -0.39 is 0 Å². The van der Waals surface area contributed by atoms with Crippen LogP contribution in [0.2, 0.25) is 5.02 Å². The van der Waals surface area contributed by atoms with Crippen molar-refractivity contribution in [1.29, 1.82) is 0 Å². The molecule has 0 radical (unpaired) electrons. The molecule has 0 bridgehead atoms. The van der Waals surface area contributed by atoms with Gasteiger partial charge in [0.1, 0.15) is 5.75 Å². The topological polar surface area (TPSA) is 21.3 Å². The van der Waals surface area contributed by atoms with Gasteiger partial charge < -0.3 is 10.1 Å². The van der Waals surface area contributed by atoms with Crippen molar-refractivity contribution in [3.05, 3.63) is 58.1 Å². The molecule has 2 nitrogen and oxygen atoms in total. The first-order chi connectivity index (χ1) is 9.10. The standard InChI is InChI=1S/C16H18ClNO/c1-11-4-6-13(7-5-11)10-18-15-8-12(2)14(17)9-16(15)19-3/h4-9,18H,10H2,1-3H3. The molecular formula is C16H18ClNO. The Bertz CT molecular complexity index is 564. The van der Waals surface area contributed by atoms with Crippen LogP contribution in [-0.4, -0.2) is 7.11 Å². The van der Waals surface area contributed by atoms with E-state index in [-0.39, 0.29) is 0 Å². The van der Waals surface area contributed by atoms with Gasteiger partial charge in [-0.25, -0.2) is 0 Å². The summed E-state index contributed by atoms with van der Waals surface area (Å²) in [6.07, 6.45) is 0. The first-order valence-electron chi connectivity index (χ1n) is 6.23. The lowest BCUT2D eigenvalue weighted by molar-refractivity contribution is 0.416. The van der Waals surface area contributed by atoms with Crippen molar-refractivity contribution in [2.75, 3.05) is 12.4 Å². The molecule has 0 aromatic heterocycles. The molecule has 0 fully saturated rings. The third kappa shape index (κ3) is 3.42. The number of halogens is 1. The highest BCUT2D eigenvalue weighted by Gasteiger charge is 2.06. The Morgan fingerprint density at radius 3 is 2.42 bits per heavy atom. The Morgan fingerprint density at radius 2 is 1.79 bits per heavy atom. The summed E-state index contributed by atoms with van der Waals surface area (Å²) < 4.78 is 5.34. The van der Waals surface area contributed by atoms with E-state index in [0.29, 0.717) is 0 Å². The fourth-order valence-corrected chi connectivity index (χ4v) is 2.03. The van der Waals surface area contributed by atoms with Crippen molar-refractivity contribution in [3.8, 4) is 5.75 Å². The average Bonchev–Trinajstić information content (AvgIpc) is 2.41. The van der Waals surface area contributed by atoms with Gasteiger partial charge in [-0.1, -0.05) is 41.4 Å². The number of hydrogen-bond donors (Lipinski definition) is 1. The summed E-state index contributed by atoms with van der Waals surface area (Å²) in [6, 6.07) is 12.3. The normalized spacial score (nSPS) is 10.3. The maximum atomic E-state index is 6.09. The number of methoxy groups -OCH3 is 1. The summed E-state index contributed by atoms with van der Waals surface area (Å²) in [5, 5.41) is 4.10. The van der Waals surface area contributed by atoms with Gasteiger partial charge in [0.05, 0.1) is 12.8 Å². The molecule has 0 saturated heterocycles. The van der Waals surface area contributed by atoms with E-state index in [1.807, 2.05) is 19.1 Å². The fraction of sp³-hybridized carbons (Fsp3) is 0.250. The molecule has 3 heteroatoms. The molecule has 100 valence electrons. The van der Waals surface area contributed by atoms with Crippen LogP contribution in [0.3, 0.4) is 0 Å². The predicted molar refractivity (Wildman–Crippen MR) is 81.2 cm³/mol. The Labute approximate surface area is 119 Å². The smallest absolute Gasteiger partial charge is 0.143 e. The third-order valence-corrected chi connectivity index (χ3v) is 3.49. The maximum Gasteiger partial charge on any atom is 0.143 e. The van der Waals surface area contributed by atoms with Gasteiger partial charge in [0.15, 0.2) is 0 Å².